The number of sulfone groups is 1. The number of nitrogens with one attached hydrogen (secondary N) is 1. The lowest BCUT2D eigenvalue weighted by atomic mass is 10.1. The minimum atomic E-state index is -3.15. The molecule has 3 aromatic rings. The van der Waals surface area contributed by atoms with Crippen molar-refractivity contribution in [2.24, 2.45) is 5.92 Å². The van der Waals surface area contributed by atoms with E-state index in [1.165, 1.54) is 11.3 Å². The van der Waals surface area contributed by atoms with Gasteiger partial charge in [-0.25, -0.2) is 13.4 Å². The molecule has 1 aromatic heterocycles. The number of halogens is 2. The molecule has 0 unspecified atom stereocenters. The van der Waals surface area contributed by atoms with E-state index in [4.69, 9.17) is 23.2 Å². The number of anilines is 1. The maximum absolute atomic E-state index is 12.6. The third-order valence-corrected chi connectivity index (χ3v) is 8.14. The number of hydrogen-bond acceptors (Lipinski definition) is 5. The number of rotatable bonds is 4. The summed E-state index contributed by atoms with van der Waals surface area (Å²) in [6, 6.07) is 14.7. The smallest absolute Gasteiger partial charge is 0.230 e. The van der Waals surface area contributed by atoms with Crippen LogP contribution in [-0.4, -0.2) is 30.8 Å². The van der Waals surface area contributed by atoms with Crippen LogP contribution in [0.15, 0.2) is 48.5 Å². The Balaban J connectivity index is 1.73. The quantitative estimate of drug-likeness (QED) is 0.575. The summed E-state index contributed by atoms with van der Waals surface area (Å²) in [6.45, 7) is 0. The Morgan fingerprint density at radius 2 is 1.66 bits per heavy atom. The maximum atomic E-state index is 12.6. The van der Waals surface area contributed by atoms with Crippen molar-refractivity contribution in [3.05, 3.63) is 58.6 Å². The fourth-order valence-corrected chi connectivity index (χ4v) is 6.52. The number of thiazole rings is 1. The van der Waals surface area contributed by atoms with Crippen LogP contribution >= 0.6 is 34.5 Å². The molecule has 0 bridgehead atoms. The fourth-order valence-electron chi connectivity index (χ4n) is 3.25. The van der Waals surface area contributed by atoms with Crippen molar-refractivity contribution >= 4 is 55.4 Å². The van der Waals surface area contributed by atoms with E-state index in [-0.39, 0.29) is 17.4 Å². The molecule has 0 saturated carbocycles. The van der Waals surface area contributed by atoms with E-state index in [2.05, 4.69) is 10.3 Å². The molecule has 1 amide bonds. The van der Waals surface area contributed by atoms with Gasteiger partial charge in [0.2, 0.25) is 5.91 Å². The largest absolute Gasteiger partial charge is 0.302 e. The highest BCUT2D eigenvalue weighted by Gasteiger charge is 2.33. The van der Waals surface area contributed by atoms with Gasteiger partial charge in [-0.15, -0.1) is 0 Å². The van der Waals surface area contributed by atoms with Crippen LogP contribution in [0.3, 0.4) is 0 Å². The highest BCUT2D eigenvalue weighted by molar-refractivity contribution is 7.91. The molecule has 1 fully saturated rings. The molecular weight excluding hydrogens is 451 g/mol. The van der Waals surface area contributed by atoms with Gasteiger partial charge in [0.25, 0.3) is 0 Å². The third-order valence-electron chi connectivity index (χ3n) is 4.71. The van der Waals surface area contributed by atoms with Crippen molar-refractivity contribution < 1.29 is 13.2 Å². The summed E-state index contributed by atoms with van der Waals surface area (Å²) in [7, 11) is -3.15. The summed E-state index contributed by atoms with van der Waals surface area (Å²) in [5.74, 6) is -0.981. The average Bonchev–Trinajstić information content (AvgIpc) is 3.25. The Morgan fingerprint density at radius 1 is 1.03 bits per heavy atom. The van der Waals surface area contributed by atoms with Crippen molar-refractivity contribution in [3.63, 3.8) is 0 Å². The van der Waals surface area contributed by atoms with Gasteiger partial charge in [-0.1, -0.05) is 70.9 Å². The second-order valence-corrected chi connectivity index (χ2v) is 10.8. The summed E-state index contributed by atoms with van der Waals surface area (Å²) in [5, 5.41) is 4.25. The number of benzene rings is 2. The van der Waals surface area contributed by atoms with Gasteiger partial charge in [0, 0.05) is 16.1 Å². The number of amides is 1. The topological polar surface area (TPSA) is 76.1 Å². The highest BCUT2D eigenvalue weighted by Crippen LogP contribution is 2.43. The van der Waals surface area contributed by atoms with E-state index in [9.17, 15) is 13.2 Å². The Morgan fingerprint density at radius 3 is 2.24 bits per heavy atom. The van der Waals surface area contributed by atoms with E-state index < -0.39 is 15.8 Å². The highest BCUT2D eigenvalue weighted by atomic mass is 35.5. The monoisotopic (exact) mass is 466 g/mol. The summed E-state index contributed by atoms with van der Waals surface area (Å²) >= 11 is 14.1. The first-order valence-electron chi connectivity index (χ1n) is 8.86. The van der Waals surface area contributed by atoms with Crippen LogP contribution in [0.2, 0.25) is 10.0 Å². The zero-order valence-corrected chi connectivity index (χ0v) is 18.2. The summed E-state index contributed by atoms with van der Waals surface area (Å²) in [5.41, 5.74) is 2.12. The van der Waals surface area contributed by atoms with Gasteiger partial charge in [-0.05, 0) is 18.6 Å². The van der Waals surface area contributed by atoms with Crippen LogP contribution in [-0.2, 0) is 14.6 Å². The molecule has 29 heavy (non-hydrogen) atoms. The maximum Gasteiger partial charge on any atom is 0.230 e. The molecule has 0 aliphatic carbocycles. The lowest BCUT2D eigenvalue weighted by Gasteiger charge is -2.06. The average molecular weight is 467 g/mol. The number of hydrogen-bond donors (Lipinski definition) is 1. The number of aromatic nitrogens is 1. The van der Waals surface area contributed by atoms with Gasteiger partial charge >= 0.3 is 0 Å². The van der Waals surface area contributed by atoms with Crippen molar-refractivity contribution in [1.29, 1.82) is 0 Å². The van der Waals surface area contributed by atoms with Crippen molar-refractivity contribution in [2.45, 2.75) is 6.42 Å². The lowest BCUT2D eigenvalue weighted by Crippen LogP contribution is -2.23. The minimum Gasteiger partial charge on any atom is -0.302 e. The summed E-state index contributed by atoms with van der Waals surface area (Å²) in [4.78, 5) is 17.9. The molecule has 0 radical (unpaired) electrons. The minimum absolute atomic E-state index is 0.0404. The van der Waals surface area contributed by atoms with Gasteiger partial charge in [-0.3, -0.25) is 4.79 Å². The molecule has 5 nitrogen and oxygen atoms in total. The summed E-state index contributed by atoms with van der Waals surface area (Å²) in [6.07, 6.45) is 0.328. The van der Waals surface area contributed by atoms with Gasteiger partial charge in [0.05, 0.1) is 33.0 Å². The van der Waals surface area contributed by atoms with Gasteiger partial charge in [0.1, 0.15) is 0 Å². The van der Waals surface area contributed by atoms with Crippen LogP contribution < -0.4 is 5.32 Å². The zero-order valence-electron chi connectivity index (χ0n) is 15.1. The Hall–Kier alpha value is -1.93. The van der Waals surface area contributed by atoms with Crippen molar-refractivity contribution in [3.8, 4) is 21.7 Å². The van der Waals surface area contributed by atoms with Crippen LogP contribution in [0.1, 0.15) is 6.42 Å². The van der Waals surface area contributed by atoms with Crippen molar-refractivity contribution in [1.82, 2.24) is 4.98 Å². The second-order valence-electron chi connectivity index (χ2n) is 6.75. The SMILES string of the molecule is O=C(Nc1nc(-c2ccccc2Cl)c(-c2ccccc2Cl)s1)[C@H]1CCS(=O)(=O)C1. The lowest BCUT2D eigenvalue weighted by molar-refractivity contribution is -0.119. The van der Waals surface area contributed by atoms with Gasteiger partial charge < -0.3 is 5.32 Å². The fraction of sp³-hybridized carbons (Fsp3) is 0.200. The van der Waals surface area contributed by atoms with E-state index >= 15 is 0 Å². The molecule has 1 aliphatic heterocycles. The first-order chi connectivity index (χ1) is 13.8. The predicted molar refractivity (Wildman–Crippen MR) is 118 cm³/mol. The normalized spacial score (nSPS) is 17.9. The van der Waals surface area contributed by atoms with Crippen LogP contribution in [0, 0.1) is 5.92 Å². The van der Waals surface area contributed by atoms with E-state index in [0.29, 0.717) is 27.3 Å². The number of nitrogens with zero attached hydrogens (tertiary/aromatic N) is 1. The van der Waals surface area contributed by atoms with Crippen LogP contribution in [0.5, 0.6) is 0 Å². The number of carbonyl (C=O) groups excluding carboxylic acids is 1. The van der Waals surface area contributed by atoms with Gasteiger partial charge in [-0.2, -0.15) is 0 Å². The molecule has 1 saturated heterocycles. The van der Waals surface area contributed by atoms with Gasteiger partial charge in [0.15, 0.2) is 15.0 Å². The number of carbonyl (C=O) groups is 1. The molecule has 1 atom stereocenters. The van der Waals surface area contributed by atoms with Crippen molar-refractivity contribution in [2.75, 3.05) is 16.8 Å². The first-order valence-corrected chi connectivity index (χ1v) is 12.3. The molecule has 2 aromatic carbocycles. The van der Waals surface area contributed by atoms with Crippen LogP contribution in [0.4, 0.5) is 5.13 Å². The zero-order chi connectivity index (χ0) is 20.6. The predicted octanol–water partition coefficient (Wildman–Crippen LogP) is 5.16. The second kappa shape index (κ2) is 8.07. The van der Waals surface area contributed by atoms with Crippen LogP contribution in [0.25, 0.3) is 21.7 Å². The third kappa shape index (κ3) is 4.33. The molecular formula is C20H16Cl2N2O3S2. The Bertz CT molecular complexity index is 1130. The molecule has 2 heterocycles. The Labute approximate surface area is 182 Å². The standard InChI is InChI=1S/C20H16Cl2N2O3S2/c21-15-7-3-1-5-13(15)17-18(14-6-2-4-8-16(14)22)28-20(23-17)24-19(25)12-9-10-29(26,27)11-12/h1-8,12H,9-11H2,(H,23,24,25)/t12-/m0/s1. The molecule has 4 rings (SSSR count). The Kier molecular flexibility index (Phi) is 5.66. The molecule has 1 N–H and O–H groups in total. The van der Waals surface area contributed by atoms with E-state index in [0.717, 1.165) is 16.0 Å². The molecule has 150 valence electrons. The van der Waals surface area contributed by atoms with E-state index in [1.54, 1.807) is 12.1 Å². The summed E-state index contributed by atoms with van der Waals surface area (Å²) < 4.78 is 23.4. The van der Waals surface area contributed by atoms with E-state index in [1.807, 2.05) is 36.4 Å². The molecule has 0 spiro atoms. The molecule has 1 aliphatic rings. The first kappa shape index (κ1) is 20.3. The molecule has 9 heteroatoms.